The Labute approximate surface area is 91.5 Å². The molecule has 0 radical (unpaired) electrons. The molecule has 2 heteroatoms. The molecule has 0 saturated carbocycles. The average molecular weight is 202 g/mol. The van der Waals surface area contributed by atoms with E-state index in [4.69, 9.17) is 0 Å². The quantitative estimate of drug-likeness (QED) is 0.633. The minimum Gasteiger partial charge on any atom is -0.369 e. The second kappa shape index (κ2) is 2.99. The first-order chi connectivity index (χ1) is 7.16. The molecule has 2 aliphatic rings. The van der Waals surface area contributed by atoms with Crippen LogP contribution in [-0.4, -0.2) is 38.1 Å². The van der Waals surface area contributed by atoms with Crippen molar-refractivity contribution in [3.05, 3.63) is 29.3 Å². The van der Waals surface area contributed by atoms with Crippen LogP contribution in [0.3, 0.4) is 0 Å². The molecule has 1 aromatic rings. The molecule has 1 aromatic carbocycles. The molecule has 0 aromatic heterocycles. The van der Waals surface area contributed by atoms with E-state index in [0.717, 1.165) is 5.92 Å². The van der Waals surface area contributed by atoms with Gasteiger partial charge >= 0.3 is 0 Å². The Morgan fingerprint density at radius 2 is 2.00 bits per heavy atom. The maximum Gasteiger partial charge on any atom is 0.0495 e. The van der Waals surface area contributed by atoms with Gasteiger partial charge in [-0.05, 0) is 25.6 Å². The molecule has 0 aliphatic carbocycles. The highest BCUT2D eigenvalue weighted by atomic mass is 15.3. The van der Waals surface area contributed by atoms with Crippen molar-refractivity contribution >= 4 is 5.69 Å². The Morgan fingerprint density at radius 3 is 2.80 bits per heavy atom. The largest absolute Gasteiger partial charge is 0.369 e. The van der Waals surface area contributed by atoms with Gasteiger partial charge in [0.2, 0.25) is 0 Å². The lowest BCUT2D eigenvalue weighted by Gasteiger charge is -2.21. The van der Waals surface area contributed by atoms with E-state index in [1.54, 1.807) is 5.56 Å². The standard InChI is InChI=1S/C13H18N2/c1-9-4-5-12-10(6-9)11-7-14(2)8-13(11)15(12)3/h4-6,11,13H,7-8H2,1-3H3/t11?,13-/m0/s1. The molecule has 1 fully saturated rings. The number of hydrogen-bond donors (Lipinski definition) is 0. The number of benzene rings is 1. The molecule has 80 valence electrons. The smallest absolute Gasteiger partial charge is 0.0495 e. The van der Waals surface area contributed by atoms with Gasteiger partial charge in [0.05, 0.1) is 0 Å². The van der Waals surface area contributed by atoms with Crippen LogP contribution in [0.1, 0.15) is 17.0 Å². The van der Waals surface area contributed by atoms with E-state index < -0.39 is 0 Å². The number of likely N-dealkylation sites (tertiary alicyclic amines) is 1. The van der Waals surface area contributed by atoms with Crippen molar-refractivity contribution in [3.63, 3.8) is 0 Å². The van der Waals surface area contributed by atoms with Crippen LogP contribution >= 0.6 is 0 Å². The number of aryl methyl sites for hydroxylation is 1. The van der Waals surface area contributed by atoms with E-state index in [2.05, 4.69) is 49.0 Å². The van der Waals surface area contributed by atoms with E-state index in [1.807, 2.05) is 0 Å². The van der Waals surface area contributed by atoms with Gasteiger partial charge in [-0.15, -0.1) is 0 Å². The van der Waals surface area contributed by atoms with Gasteiger partial charge in [-0.1, -0.05) is 17.7 Å². The summed E-state index contributed by atoms with van der Waals surface area (Å²) < 4.78 is 0. The zero-order valence-electron chi connectivity index (χ0n) is 9.70. The summed E-state index contributed by atoms with van der Waals surface area (Å²) in [6, 6.07) is 7.57. The van der Waals surface area contributed by atoms with Crippen LogP contribution in [0.25, 0.3) is 0 Å². The van der Waals surface area contributed by atoms with Crippen molar-refractivity contribution in [1.82, 2.24) is 4.90 Å². The summed E-state index contributed by atoms with van der Waals surface area (Å²) in [4.78, 5) is 4.90. The highest BCUT2D eigenvalue weighted by Crippen LogP contribution is 2.43. The summed E-state index contributed by atoms with van der Waals surface area (Å²) in [5.41, 5.74) is 4.40. The lowest BCUT2D eigenvalue weighted by Crippen LogP contribution is -2.31. The average Bonchev–Trinajstić information content (AvgIpc) is 2.67. The molecule has 15 heavy (non-hydrogen) atoms. The highest BCUT2D eigenvalue weighted by molar-refractivity contribution is 5.63. The van der Waals surface area contributed by atoms with Crippen molar-refractivity contribution in [2.75, 3.05) is 32.1 Å². The second-order valence-electron chi connectivity index (χ2n) is 5.07. The Morgan fingerprint density at radius 1 is 1.20 bits per heavy atom. The number of anilines is 1. The van der Waals surface area contributed by atoms with Crippen LogP contribution in [0.4, 0.5) is 5.69 Å². The first-order valence-electron chi connectivity index (χ1n) is 5.69. The van der Waals surface area contributed by atoms with Crippen LogP contribution < -0.4 is 4.90 Å². The lowest BCUT2D eigenvalue weighted by molar-refractivity contribution is 0.404. The van der Waals surface area contributed by atoms with Crippen LogP contribution in [0, 0.1) is 6.92 Å². The molecule has 2 atom stereocenters. The van der Waals surface area contributed by atoms with Gasteiger partial charge in [-0.25, -0.2) is 0 Å². The SMILES string of the molecule is Cc1ccc2c(c1)C1CN(C)C[C@@H]1N2C. The number of fused-ring (bicyclic) bond motifs is 3. The minimum absolute atomic E-state index is 0.701. The minimum atomic E-state index is 0.701. The van der Waals surface area contributed by atoms with Gasteiger partial charge in [0.1, 0.15) is 0 Å². The van der Waals surface area contributed by atoms with E-state index in [9.17, 15) is 0 Å². The number of hydrogen-bond acceptors (Lipinski definition) is 2. The number of rotatable bonds is 0. The fourth-order valence-corrected chi connectivity index (χ4v) is 3.15. The summed E-state index contributed by atoms with van der Waals surface area (Å²) in [6.07, 6.45) is 0. The summed E-state index contributed by atoms with van der Waals surface area (Å²) in [5, 5.41) is 0. The Bertz CT molecular complexity index is 400. The third-order valence-electron chi connectivity index (χ3n) is 3.93. The molecule has 2 heterocycles. The molecule has 0 N–H and O–H groups in total. The van der Waals surface area contributed by atoms with E-state index in [0.29, 0.717) is 6.04 Å². The number of nitrogens with zero attached hydrogens (tertiary/aromatic N) is 2. The van der Waals surface area contributed by atoms with E-state index >= 15 is 0 Å². The zero-order chi connectivity index (χ0) is 10.6. The van der Waals surface area contributed by atoms with Gasteiger partial charge < -0.3 is 9.80 Å². The maximum absolute atomic E-state index is 2.46. The second-order valence-corrected chi connectivity index (χ2v) is 5.07. The van der Waals surface area contributed by atoms with Crippen molar-refractivity contribution in [1.29, 1.82) is 0 Å². The maximum atomic E-state index is 2.46. The normalized spacial score (nSPS) is 29.4. The van der Waals surface area contributed by atoms with Gasteiger partial charge in [0.25, 0.3) is 0 Å². The van der Waals surface area contributed by atoms with E-state index in [1.165, 1.54) is 24.3 Å². The van der Waals surface area contributed by atoms with Crippen LogP contribution in [0.15, 0.2) is 18.2 Å². The third kappa shape index (κ3) is 1.21. The zero-order valence-corrected chi connectivity index (χ0v) is 9.70. The van der Waals surface area contributed by atoms with Crippen LogP contribution in [-0.2, 0) is 0 Å². The van der Waals surface area contributed by atoms with Gasteiger partial charge in [0, 0.05) is 37.8 Å². The summed E-state index contributed by atoms with van der Waals surface area (Å²) in [5.74, 6) is 0.731. The van der Waals surface area contributed by atoms with Gasteiger partial charge in [-0.3, -0.25) is 0 Å². The van der Waals surface area contributed by atoms with Crippen molar-refractivity contribution in [2.24, 2.45) is 0 Å². The Balaban J connectivity index is 2.08. The Kier molecular flexibility index (Phi) is 1.84. The molecule has 3 rings (SSSR count). The molecule has 0 amide bonds. The third-order valence-corrected chi connectivity index (χ3v) is 3.93. The molecule has 2 nitrogen and oxygen atoms in total. The lowest BCUT2D eigenvalue weighted by atomic mass is 9.97. The topological polar surface area (TPSA) is 6.48 Å². The number of likely N-dealkylation sites (N-methyl/N-ethyl adjacent to an activating group) is 2. The monoisotopic (exact) mass is 202 g/mol. The van der Waals surface area contributed by atoms with Crippen molar-refractivity contribution < 1.29 is 0 Å². The summed E-state index contributed by atoms with van der Waals surface area (Å²) >= 11 is 0. The van der Waals surface area contributed by atoms with Gasteiger partial charge in [0.15, 0.2) is 0 Å². The fourth-order valence-electron chi connectivity index (χ4n) is 3.15. The van der Waals surface area contributed by atoms with Gasteiger partial charge in [-0.2, -0.15) is 0 Å². The predicted molar refractivity (Wildman–Crippen MR) is 63.6 cm³/mol. The van der Waals surface area contributed by atoms with E-state index in [-0.39, 0.29) is 0 Å². The first-order valence-corrected chi connectivity index (χ1v) is 5.69. The molecule has 0 spiro atoms. The molecule has 1 unspecified atom stereocenters. The molecule has 2 aliphatic heterocycles. The highest BCUT2D eigenvalue weighted by Gasteiger charge is 2.41. The van der Waals surface area contributed by atoms with Crippen molar-refractivity contribution in [2.45, 2.75) is 18.9 Å². The van der Waals surface area contributed by atoms with Crippen LogP contribution in [0.5, 0.6) is 0 Å². The Hall–Kier alpha value is -1.02. The first kappa shape index (κ1) is 9.22. The molecular weight excluding hydrogens is 184 g/mol. The van der Waals surface area contributed by atoms with Crippen LogP contribution in [0.2, 0.25) is 0 Å². The molecule has 0 bridgehead atoms. The molecular formula is C13H18N2. The molecule has 1 saturated heterocycles. The predicted octanol–water partition coefficient (Wildman–Crippen LogP) is 1.84. The summed E-state index contributed by atoms with van der Waals surface area (Å²) in [6.45, 7) is 4.60. The fraction of sp³-hybridized carbons (Fsp3) is 0.538. The van der Waals surface area contributed by atoms with Crippen molar-refractivity contribution in [3.8, 4) is 0 Å². The summed E-state index contributed by atoms with van der Waals surface area (Å²) in [7, 11) is 4.46.